The first kappa shape index (κ1) is 20.7. The summed E-state index contributed by atoms with van der Waals surface area (Å²) in [6, 6.07) is 7.66. The van der Waals surface area contributed by atoms with Gasteiger partial charge in [0.2, 0.25) is 11.8 Å². The van der Waals surface area contributed by atoms with Crippen LogP contribution in [0.15, 0.2) is 33.9 Å². The minimum atomic E-state index is 0.0235. The maximum Gasteiger partial charge on any atom is 0.277 e. The molecule has 7 heteroatoms. The van der Waals surface area contributed by atoms with Crippen molar-refractivity contribution in [2.45, 2.75) is 57.7 Å². The third kappa shape index (κ3) is 5.28. The van der Waals surface area contributed by atoms with Gasteiger partial charge < -0.3 is 14.5 Å². The van der Waals surface area contributed by atoms with Crippen molar-refractivity contribution in [3.05, 3.63) is 24.3 Å². The summed E-state index contributed by atoms with van der Waals surface area (Å²) in [4.78, 5) is 12.5. The summed E-state index contributed by atoms with van der Waals surface area (Å²) in [5.74, 6) is 2.02. The van der Waals surface area contributed by atoms with Crippen LogP contribution in [-0.4, -0.2) is 35.0 Å². The van der Waals surface area contributed by atoms with Gasteiger partial charge in [0.05, 0.1) is 12.9 Å². The second-order valence-electron chi connectivity index (χ2n) is 8.32. The van der Waals surface area contributed by atoms with Crippen LogP contribution in [0.25, 0.3) is 11.5 Å². The van der Waals surface area contributed by atoms with Crippen molar-refractivity contribution >= 4 is 17.7 Å². The molecule has 2 atom stereocenters. The SMILES string of the molecule is COc1ccc(-c2nnc(SCC(=O)NC3CCCCC3C(C)(C)C)o2)cc1. The van der Waals surface area contributed by atoms with Crippen LogP contribution in [0.4, 0.5) is 0 Å². The molecule has 0 aliphatic heterocycles. The van der Waals surface area contributed by atoms with Crippen molar-refractivity contribution in [3.63, 3.8) is 0 Å². The number of methoxy groups -OCH3 is 1. The minimum Gasteiger partial charge on any atom is -0.497 e. The van der Waals surface area contributed by atoms with Crippen molar-refractivity contribution in [3.8, 4) is 17.2 Å². The number of benzene rings is 1. The summed E-state index contributed by atoms with van der Waals surface area (Å²) in [7, 11) is 1.62. The Bertz CT molecular complexity index is 783. The molecule has 1 amide bonds. The predicted molar refractivity (Wildman–Crippen MR) is 110 cm³/mol. The summed E-state index contributed by atoms with van der Waals surface area (Å²) in [5.41, 5.74) is 1.02. The third-order valence-corrected chi connectivity index (χ3v) is 6.11. The highest BCUT2D eigenvalue weighted by Crippen LogP contribution is 2.38. The van der Waals surface area contributed by atoms with Gasteiger partial charge in [-0.2, -0.15) is 0 Å². The van der Waals surface area contributed by atoms with Crippen LogP contribution in [0, 0.1) is 11.3 Å². The summed E-state index contributed by atoms with van der Waals surface area (Å²) in [6.07, 6.45) is 4.66. The van der Waals surface area contributed by atoms with Crippen LogP contribution in [0.5, 0.6) is 5.75 Å². The molecule has 0 spiro atoms. The number of ether oxygens (including phenoxy) is 1. The molecule has 1 aliphatic carbocycles. The second-order valence-corrected chi connectivity index (χ2v) is 9.25. The maximum absolute atomic E-state index is 12.5. The maximum atomic E-state index is 12.5. The number of nitrogens with one attached hydrogen (secondary N) is 1. The van der Waals surface area contributed by atoms with Gasteiger partial charge in [-0.25, -0.2) is 0 Å². The van der Waals surface area contributed by atoms with E-state index in [1.807, 2.05) is 24.3 Å². The van der Waals surface area contributed by atoms with E-state index >= 15 is 0 Å². The Balaban J connectivity index is 1.54. The number of thioether (sulfide) groups is 1. The highest BCUT2D eigenvalue weighted by molar-refractivity contribution is 7.99. The molecule has 1 saturated carbocycles. The quantitative estimate of drug-likeness (QED) is 0.713. The Morgan fingerprint density at radius 2 is 1.93 bits per heavy atom. The van der Waals surface area contributed by atoms with Crippen LogP contribution in [0.1, 0.15) is 46.5 Å². The zero-order valence-corrected chi connectivity index (χ0v) is 17.8. The second kappa shape index (κ2) is 8.99. The first-order valence-electron chi connectivity index (χ1n) is 9.77. The van der Waals surface area contributed by atoms with Gasteiger partial charge in [0.15, 0.2) is 0 Å². The molecule has 3 rings (SSSR count). The molecule has 2 unspecified atom stereocenters. The Morgan fingerprint density at radius 3 is 2.61 bits per heavy atom. The van der Waals surface area contributed by atoms with Crippen LogP contribution in [0.3, 0.4) is 0 Å². The molecule has 2 aromatic rings. The average Bonchev–Trinajstić information content (AvgIpc) is 3.15. The van der Waals surface area contributed by atoms with Gasteiger partial charge in [-0.3, -0.25) is 4.79 Å². The third-order valence-electron chi connectivity index (χ3n) is 5.29. The topological polar surface area (TPSA) is 77.2 Å². The van der Waals surface area contributed by atoms with E-state index < -0.39 is 0 Å². The Hall–Kier alpha value is -2.02. The van der Waals surface area contributed by atoms with E-state index in [9.17, 15) is 4.79 Å². The molecule has 1 N–H and O–H groups in total. The van der Waals surface area contributed by atoms with Crippen molar-refractivity contribution in [1.82, 2.24) is 15.5 Å². The summed E-state index contributed by atoms with van der Waals surface area (Å²) in [5, 5.41) is 11.7. The van der Waals surface area contributed by atoms with Crippen molar-refractivity contribution in [1.29, 1.82) is 0 Å². The highest BCUT2D eigenvalue weighted by atomic mass is 32.2. The lowest BCUT2D eigenvalue weighted by Crippen LogP contribution is -2.47. The molecule has 0 radical (unpaired) electrons. The first-order chi connectivity index (χ1) is 13.4. The molecule has 1 aromatic carbocycles. The van der Waals surface area contributed by atoms with Crippen LogP contribution in [0.2, 0.25) is 0 Å². The van der Waals surface area contributed by atoms with Crippen LogP contribution < -0.4 is 10.1 Å². The number of hydrogen-bond donors (Lipinski definition) is 1. The van der Waals surface area contributed by atoms with Gasteiger partial charge in [-0.15, -0.1) is 10.2 Å². The molecular weight excluding hydrogens is 374 g/mol. The van der Waals surface area contributed by atoms with Crippen LogP contribution >= 0.6 is 11.8 Å². The normalized spacial score (nSPS) is 20.0. The number of amides is 1. The number of carbonyl (C=O) groups excluding carboxylic acids is 1. The average molecular weight is 404 g/mol. The van der Waals surface area contributed by atoms with Crippen molar-refractivity contribution < 1.29 is 13.9 Å². The fourth-order valence-electron chi connectivity index (χ4n) is 3.83. The molecule has 152 valence electrons. The lowest BCUT2D eigenvalue weighted by molar-refractivity contribution is -0.120. The predicted octanol–water partition coefficient (Wildman–Crippen LogP) is 4.56. The molecule has 6 nitrogen and oxygen atoms in total. The van der Waals surface area contributed by atoms with E-state index in [1.165, 1.54) is 31.0 Å². The van der Waals surface area contributed by atoms with Gasteiger partial charge in [0.1, 0.15) is 5.75 Å². The Morgan fingerprint density at radius 1 is 1.21 bits per heavy atom. The van der Waals surface area contributed by atoms with Gasteiger partial charge in [0, 0.05) is 11.6 Å². The number of nitrogens with zero attached hydrogens (tertiary/aromatic N) is 2. The Labute approximate surface area is 170 Å². The van der Waals surface area contributed by atoms with E-state index in [0.29, 0.717) is 17.0 Å². The lowest BCUT2D eigenvalue weighted by Gasteiger charge is -2.40. The number of carbonyl (C=O) groups is 1. The van der Waals surface area contributed by atoms with Gasteiger partial charge in [-0.05, 0) is 48.4 Å². The number of aromatic nitrogens is 2. The monoisotopic (exact) mass is 403 g/mol. The lowest BCUT2D eigenvalue weighted by atomic mass is 9.69. The molecule has 1 aromatic heterocycles. The minimum absolute atomic E-state index is 0.0235. The zero-order chi connectivity index (χ0) is 20.1. The van der Waals surface area contributed by atoms with Crippen molar-refractivity contribution in [2.24, 2.45) is 11.3 Å². The van der Waals surface area contributed by atoms with E-state index in [2.05, 4.69) is 36.3 Å². The molecule has 1 heterocycles. The van der Waals surface area contributed by atoms with Crippen LogP contribution in [-0.2, 0) is 4.79 Å². The molecular formula is C21H29N3O3S. The van der Waals surface area contributed by atoms with E-state index in [1.54, 1.807) is 7.11 Å². The summed E-state index contributed by atoms with van der Waals surface area (Å²) < 4.78 is 10.8. The fourth-order valence-corrected chi connectivity index (χ4v) is 4.41. The van der Waals surface area contributed by atoms with E-state index in [-0.39, 0.29) is 23.1 Å². The molecule has 28 heavy (non-hydrogen) atoms. The molecule has 0 saturated heterocycles. The largest absolute Gasteiger partial charge is 0.497 e. The van der Waals surface area contributed by atoms with Gasteiger partial charge >= 0.3 is 0 Å². The molecule has 1 fully saturated rings. The van der Waals surface area contributed by atoms with Gasteiger partial charge in [0.25, 0.3) is 5.22 Å². The van der Waals surface area contributed by atoms with E-state index in [4.69, 9.17) is 9.15 Å². The number of rotatable bonds is 6. The van der Waals surface area contributed by atoms with E-state index in [0.717, 1.165) is 17.7 Å². The van der Waals surface area contributed by atoms with Gasteiger partial charge in [-0.1, -0.05) is 45.4 Å². The molecule has 1 aliphatic rings. The van der Waals surface area contributed by atoms with Crippen molar-refractivity contribution in [2.75, 3.05) is 12.9 Å². The smallest absolute Gasteiger partial charge is 0.277 e. The Kier molecular flexibility index (Phi) is 6.65. The molecule has 0 bridgehead atoms. The zero-order valence-electron chi connectivity index (χ0n) is 17.0. The highest BCUT2D eigenvalue weighted by Gasteiger charge is 2.34. The standard InChI is InChI=1S/C21H29N3O3S/c1-21(2,3)16-7-5-6-8-17(16)22-18(25)13-28-20-24-23-19(27-20)14-9-11-15(26-4)12-10-14/h9-12,16-17H,5-8,13H2,1-4H3,(H,22,25). The first-order valence-corrected chi connectivity index (χ1v) is 10.8. The summed E-state index contributed by atoms with van der Waals surface area (Å²) in [6.45, 7) is 6.78. The number of hydrogen-bond acceptors (Lipinski definition) is 6. The fraction of sp³-hybridized carbons (Fsp3) is 0.571. The summed E-state index contributed by atoms with van der Waals surface area (Å²) >= 11 is 1.27.